The van der Waals surface area contributed by atoms with Gasteiger partial charge in [-0.25, -0.2) is 4.39 Å². The van der Waals surface area contributed by atoms with Crippen molar-refractivity contribution in [1.29, 1.82) is 0 Å². The summed E-state index contributed by atoms with van der Waals surface area (Å²) in [6.45, 7) is 0. The Morgan fingerprint density at radius 2 is 1.70 bits per heavy atom. The average Bonchev–Trinajstić information content (AvgIpc) is 2.40. The van der Waals surface area contributed by atoms with E-state index in [-0.39, 0.29) is 5.02 Å². The molecule has 3 heteroatoms. The van der Waals surface area contributed by atoms with E-state index in [1.54, 1.807) is 6.07 Å². The third-order valence-corrected chi connectivity index (χ3v) is 4.39. The topological polar surface area (TPSA) is 20.2 Å². The minimum atomic E-state index is -0.822. The van der Waals surface area contributed by atoms with Crippen molar-refractivity contribution in [1.82, 2.24) is 0 Å². The fraction of sp³-hybridized carbons (Fsp3) is 0.294. The molecule has 1 fully saturated rings. The van der Waals surface area contributed by atoms with Gasteiger partial charge in [-0.05, 0) is 47.6 Å². The van der Waals surface area contributed by atoms with Gasteiger partial charge in [0.2, 0.25) is 0 Å². The summed E-state index contributed by atoms with van der Waals surface area (Å²) in [5.41, 5.74) is 2.62. The lowest BCUT2D eigenvalue weighted by Crippen LogP contribution is -2.09. The van der Waals surface area contributed by atoms with Gasteiger partial charge in [-0.1, -0.05) is 48.4 Å². The molecule has 1 aliphatic carbocycles. The highest BCUT2D eigenvalue weighted by Crippen LogP contribution is 2.36. The van der Waals surface area contributed by atoms with Gasteiger partial charge in [-0.15, -0.1) is 0 Å². The van der Waals surface area contributed by atoms with E-state index in [9.17, 15) is 9.50 Å². The van der Waals surface area contributed by atoms with Crippen LogP contribution in [0.25, 0.3) is 0 Å². The van der Waals surface area contributed by atoms with Crippen molar-refractivity contribution in [3.63, 3.8) is 0 Å². The van der Waals surface area contributed by atoms with Crippen LogP contribution in [0.4, 0.5) is 4.39 Å². The fourth-order valence-corrected chi connectivity index (χ4v) is 2.68. The standard InChI is InChI=1S/C17H16ClFO/c18-15-9-8-14(10-16(15)19)17(20)13-6-4-12(5-7-13)11-2-1-3-11/h4-11,17,20H,1-3H2. The van der Waals surface area contributed by atoms with Crippen LogP contribution < -0.4 is 0 Å². The summed E-state index contributed by atoms with van der Waals surface area (Å²) in [4.78, 5) is 0. The van der Waals surface area contributed by atoms with E-state index < -0.39 is 11.9 Å². The SMILES string of the molecule is OC(c1ccc(C2CCC2)cc1)c1ccc(Cl)c(F)c1. The van der Waals surface area contributed by atoms with Crippen molar-refractivity contribution < 1.29 is 9.50 Å². The highest BCUT2D eigenvalue weighted by molar-refractivity contribution is 6.30. The number of aliphatic hydroxyl groups excluding tert-OH is 1. The average molecular weight is 291 g/mol. The number of hydrogen-bond acceptors (Lipinski definition) is 1. The van der Waals surface area contributed by atoms with Crippen LogP contribution in [0.1, 0.15) is 48.0 Å². The number of rotatable bonds is 3. The Morgan fingerprint density at radius 3 is 2.25 bits per heavy atom. The second kappa shape index (κ2) is 5.55. The highest BCUT2D eigenvalue weighted by atomic mass is 35.5. The zero-order valence-electron chi connectivity index (χ0n) is 11.0. The maximum atomic E-state index is 13.4. The molecule has 1 unspecified atom stereocenters. The van der Waals surface area contributed by atoms with Gasteiger partial charge in [0, 0.05) is 0 Å². The van der Waals surface area contributed by atoms with Crippen molar-refractivity contribution in [2.75, 3.05) is 0 Å². The first-order chi connectivity index (χ1) is 9.65. The third kappa shape index (κ3) is 2.58. The predicted molar refractivity (Wildman–Crippen MR) is 78.5 cm³/mol. The molecular weight excluding hydrogens is 275 g/mol. The maximum absolute atomic E-state index is 13.4. The Morgan fingerprint density at radius 1 is 1.05 bits per heavy atom. The van der Waals surface area contributed by atoms with Crippen LogP contribution in [0.5, 0.6) is 0 Å². The van der Waals surface area contributed by atoms with Crippen LogP contribution in [-0.4, -0.2) is 5.11 Å². The van der Waals surface area contributed by atoms with Crippen LogP contribution in [0.2, 0.25) is 5.02 Å². The molecule has 0 spiro atoms. The van der Waals surface area contributed by atoms with Gasteiger partial charge in [0.1, 0.15) is 11.9 Å². The van der Waals surface area contributed by atoms with Gasteiger partial charge >= 0.3 is 0 Å². The van der Waals surface area contributed by atoms with Crippen molar-refractivity contribution in [2.24, 2.45) is 0 Å². The summed E-state index contributed by atoms with van der Waals surface area (Å²) in [6, 6.07) is 12.4. The Labute approximate surface area is 123 Å². The van der Waals surface area contributed by atoms with Crippen molar-refractivity contribution in [3.05, 3.63) is 70.0 Å². The van der Waals surface area contributed by atoms with Gasteiger partial charge in [-0.2, -0.15) is 0 Å². The van der Waals surface area contributed by atoms with E-state index >= 15 is 0 Å². The first kappa shape index (κ1) is 13.6. The van der Waals surface area contributed by atoms with E-state index in [2.05, 4.69) is 12.1 Å². The zero-order valence-corrected chi connectivity index (χ0v) is 11.8. The molecular formula is C17H16ClFO. The van der Waals surface area contributed by atoms with E-state index in [4.69, 9.17) is 11.6 Å². The second-order valence-corrected chi connectivity index (χ2v) is 5.78. The quantitative estimate of drug-likeness (QED) is 0.858. The number of aliphatic hydroxyl groups is 1. The lowest BCUT2D eigenvalue weighted by atomic mass is 9.80. The predicted octanol–water partition coefficient (Wildman–Crippen LogP) is 4.83. The Balaban J connectivity index is 1.82. The van der Waals surface area contributed by atoms with Crippen LogP contribution in [0.15, 0.2) is 42.5 Å². The minimum Gasteiger partial charge on any atom is -0.384 e. The summed E-state index contributed by atoms with van der Waals surface area (Å²) in [5.74, 6) is 0.170. The summed E-state index contributed by atoms with van der Waals surface area (Å²) in [7, 11) is 0. The van der Waals surface area contributed by atoms with Crippen molar-refractivity contribution >= 4 is 11.6 Å². The molecule has 0 bridgehead atoms. The Bertz CT molecular complexity index is 605. The molecule has 0 aromatic heterocycles. The molecule has 0 heterocycles. The van der Waals surface area contributed by atoms with E-state index in [0.29, 0.717) is 11.5 Å². The Kier molecular flexibility index (Phi) is 3.77. The second-order valence-electron chi connectivity index (χ2n) is 5.37. The molecule has 2 aromatic rings. The summed E-state index contributed by atoms with van der Waals surface area (Å²) < 4.78 is 13.4. The first-order valence-corrected chi connectivity index (χ1v) is 7.26. The lowest BCUT2D eigenvalue weighted by molar-refractivity contribution is 0.219. The highest BCUT2D eigenvalue weighted by Gasteiger charge is 2.20. The number of hydrogen-bond donors (Lipinski definition) is 1. The Hall–Kier alpha value is -1.38. The van der Waals surface area contributed by atoms with Crippen LogP contribution in [-0.2, 0) is 0 Å². The maximum Gasteiger partial charge on any atom is 0.142 e. The fourth-order valence-electron chi connectivity index (χ4n) is 2.57. The molecule has 20 heavy (non-hydrogen) atoms. The molecule has 1 saturated carbocycles. The van der Waals surface area contributed by atoms with Gasteiger partial charge in [-0.3, -0.25) is 0 Å². The van der Waals surface area contributed by atoms with E-state index in [1.165, 1.54) is 37.0 Å². The first-order valence-electron chi connectivity index (χ1n) is 6.88. The zero-order chi connectivity index (χ0) is 14.1. The molecule has 0 radical (unpaired) electrons. The largest absolute Gasteiger partial charge is 0.384 e. The minimum absolute atomic E-state index is 0.0706. The van der Waals surface area contributed by atoms with Crippen molar-refractivity contribution in [3.8, 4) is 0 Å². The van der Waals surface area contributed by atoms with Gasteiger partial charge in [0.25, 0.3) is 0 Å². The molecule has 3 rings (SSSR count). The monoisotopic (exact) mass is 290 g/mol. The smallest absolute Gasteiger partial charge is 0.142 e. The van der Waals surface area contributed by atoms with Crippen LogP contribution >= 0.6 is 11.6 Å². The third-order valence-electron chi connectivity index (χ3n) is 4.09. The van der Waals surface area contributed by atoms with E-state index in [0.717, 1.165) is 5.56 Å². The molecule has 1 aliphatic rings. The van der Waals surface area contributed by atoms with Crippen LogP contribution in [0, 0.1) is 5.82 Å². The molecule has 0 saturated heterocycles. The van der Waals surface area contributed by atoms with Crippen LogP contribution in [0.3, 0.4) is 0 Å². The summed E-state index contributed by atoms with van der Waals surface area (Å²) in [6.07, 6.45) is 2.99. The lowest BCUT2D eigenvalue weighted by Gasteiger charge is -2.26. The molecule has 0 amide bonds. The molecule has 1 nitrogen and oxygen atoms in total. The molecule has 2 aromatic carbocycles. The van der Waals surface area contributed by atoms with Gasteiger partial charge in [0.15, 0.2) is 0 Å². The normalized spacial score (nSPS) is 16.8. The molecule has 1 N–H and O–H groups in total. The van der Waals surface area contributed by atoms with E-state index in [1.807, 2.05) is 12.1 Å². The van der Waals surface area contributed by atoms with Gasteiger partial charge < -0.3 is 5.11 Å². The summed E-state index contributed by atoms with van der Waals surface area (Å²) >= 11 is 5.65. The molecule has 0 aliphatic heterocycles. The molecule has 104 valence electrons. The van der Waals surface area contributed by atoms with Crippen molar-refractivity contribution in [2.45, 2.75) is 31.3 Å². The number of halogens is 2. The van der Waals surface area contributed by atoms with Gasteiger partial charge in [0.05, 0.1) is 5.02 Å². The number of benzene rings is 2. The molecule has 1 atom stereocenters. The summed E-state index contributed by atoms with van der Waals surface area (Å²) in [5, 5.41) is 10.4.